The standard InChI is InChI=1S/C12H18N4.C10H18FN/c1-8-6-10(3)15(13-8)12(5)16-11(4)7-9(2)14-16;1-5-6-7-9(2)8-10(3)12(4)11/h6-7,12H,1-5H3;7-8H,5-6H2,1-4H3/b;9-7+,10-8-. The molecular formula is C22H36FN5. The Bertz CT molecular complexity index is 765. The van der Waals surface area contributed by atoms with Crippen molar-refractivity contribution in [3.8, 4) is 0 Å². The Hall–Kier alpha value is -2.37. The molecule has 0 aliphatic heterocycles. The van der Waals surface area contributed by atoms with E-state index in [0.717, 1.165) is 41.2 Å². The molecule has 156 valence electrons. The first-order valence-corrected chi connectivity index (χ1v) is 9.86. The van der Waals surface area contributed by atoms with Gasteiger partial charge in [-0.3, -0.25) is 0 Å². The van der Waals surface area contributed by atoms with Gasteiger partial charge >= 0.3 is 0 Å². The van der Waals surface area contributed by atoms with Crippen LogP contribution in [0.4, 0.5) is 4.48 Å². The van der Waals surface area contributed by atoms with Crippen LogP contribution in [0, 0.1) is 27.7 Å². The SMILES string of the molecule is CCC/C=C(C)/C=C(/C)N(C)F.Cc1cc(C)n(C(C)n2nc(C)cc2C)n1. The number of rotatable bonds is 6. The maximum Gasteiger partial charge on any atom is 0.141 e. The molecule has 0 unspecified atom stereocenters. The van der Waals surface area contributed by atoms with Crippen LogP contribution < -0.4 is 0 Å². The Morgan fingerprint density at radius 1 is 1.07 bits per heavy atom. The minimum Gasteiger partial charge on any atom is -0.245 e. The fourth-order valence-corrected chi connectivity index (χ4v) is 3.00. The highest BCUT2D eigenvalue weighted by Gasteiger charge is 2.13. The lowest BCUT2D eigenvalue weighted by Crippen LogP contribution is -2.19. The molecule has 0 aliphatic rings. The van der Waals surface area contributed by atoms with E-state index < -0.39 is 0 Å². The molecule has 0 aliphatic carbocycles. The van der Waals surface area contributed by atoms with Crippen molar-refractivity contribution in [2.45, 2.75) is 74.4 Å². The molecule has 0 amide bonds. The van der Waals surface area contributed by atoms with Gasteiger partial charge in [-0.2, -0.15) is 10.2 Å². The minimum atomic E-state index is 0.127. The van der Waals surface area contributed by atoms with Crippen LogP contribution in [0.15, 0.2) is 35.6 Å². The zero-order valence-corrected chi connectivity index (χ0v) is 18.9. The van der Waals surface area contributed by atoms with Crippen molar-refractivity contribution in [2.75, 3.05) is 7.05 Å². The van der Waals surface area contributed by atoms with Crippen LogP contribution in [0.1, 0.15) is 69.5 Å². The molecule has 2 heterocycles. The van der Waals surface area contributed by atoms with E-state index in [4.69, 9.17) is 0 Å². The van der Waals surface area contributed by atoms with Crippen molar-refractivity contribution >= 4 is 0 Å². The first kappa shape index (κ1) is 23.7. The molecule has 2 aromatic heterocycles. The summed E-state index contributed by atoms with van der Waals surface area (Å²) in [5, 5.41) is 9.61. The van der Waals surface area contributed by atoms with Crippen LogP contribution in [0.5, 0.6) is 0 Å². The van der Waals surface area contributed by atoms with E-state index in [1.54, 1.807) is 6.92 Å². The zero-order chi connectivity index (χ0) is 21.4. The normalized spacial score (nSPS) is 12.2. The fraction of sp³-hybridized carbons (Fsp3) is 0.545. The van der Waals surface area contributed by atoms with Crippen molar-refractivity contribution in [3.05, 3.63) is 58.3 Å². The largest absolute Gasteiger partial charge is 0.245 e. The number of allylic oxidation sites excluding steroid dienone is 4. The lowest BCUT2D eigenvalue weighted by molar-refractivity contribution is 0.108. The molecule has 0 saturated heterocycles. The van der Waals surface area contributed by atoms with E-state index in [9.17, 15) is 4.48 Å². The third kappa shape index (κ3) is 6.98. The average molecular weight is 390 g/mol. The summed E-state index contributed by atoms with van der Waals surface area (Å²) in [7, 11) is 1.40. The molecule has 0 aromatic carbocycles. The van der Waals surface area contributed by atoms with Gasteiger partial charge in [-0.15, -0.1) is 4.48 Å². The number of unbranched alkanes of at least 4 members (excludes halogenated alkanes) is 1. The number of halogens is 1. The number of nitrogens with zero attached hydrogens (tertiary/aromatic N) is 5. The summed E-state index contributed by atoms with van der Waals surface area (Å²) in [5.74, 6) is 0. The van der Waals surface area contributed by atoms with Gasteiger partial charge in [-0.05, 0) is 73.1 Å². The molecule has 2 aromatic rings. The van der Waals surface area contributed by atoms with Crippen LogP contribution in [0.2, 0.25) is 0 Å². The van der Waals surface area contributed by atoms with Crippen LogP contribution >= 0.6 is 0 Å². The summed E-state index contributed by atoms with van der Waals surface area (Å²) in [5.41, 5.74) is 6.19. The number of aromatic nitrogens is 4. The van der Waals surface area contributed by atoms with Gasteiger partial charge in [0, 0.05) is 24.1 Å². The Morgan fingerprint density at radius 2 is 1.54 bits per heavy atom. The zero-order valence-electron chi connectivity index (χ0n) is 18.9. The third-order valence-corrected chi connectivity index (χ3v) is 4.47. The van der Waals surface area contributed by atoms with Crippen molar-refractivity contribution < 1.29 is 4.48 Å². The molecule has 0 bridgehead atoms. The second-order valence-corrected chi connectivity index (χ2v) is 7.37. The summed E-state index contributed by atoms with van der Waals surface area (Å²) in [6, 6.07) is 4.17. The molecular weight excluding hydrogens is 353 g/mol. The van der Waals surface area contributed by atoms with Gasteiger partial charge in [0.05, 0.1) is 11.4 Å². The quantitative estimate of drug-likeness (QED) is 0.461. The molecule has 0 fully saturated rings. The lowest BCUT2D eigenvalue weighted by atomic mass is 10.2. The van der Waals surface area contributed by atoms with Crippen LogP contribution in [-0.2, 0) is 0 Å². The van der Waals surface area contributed by atoms with Gasteiger partial charge in [0.25, 0.3) is 0 Å². The summed E-state index contributed by atoms with van der Waals surface area (Å²) in [6.45, 7) is 16.1. The molecule has 0 radical (unpaired) electrons. The van der Waals surface area contributed by atoms with E-state index in [2.05, 4.69) is 56.1 Å². The summed E-state index contributed by atoms with van der Waals surface area (Å²) in [6.07, 6.45) is 6.28. The third-order valence-electron chi connectivity index (χ3n) is 4.47. The molecule has 28 heavy (non-hydrogen) atoms. The van der Waals surface area contributed by atoms with Gasteiger partial charge < -0.3 is 0 Å². The Balaban J connectivity index is 0.000000295. The second-order valence-electron chi connectivity index (χ2n) is 7.37. The molecule has 5 nitrogen and oxygen atoms in total. The number of hydrogen-bond donors (Lipinski definition) is 0. The van der Waals surface area contributed by atoms with Gasteiger partial charge in [0.15, 0.2) is 0 Å². The Labute approximate surface area is 169 Å². The maximum atomic E-state index is 12.5. The maximum absolute atomic E-state index is 12.5. The van der Waals surface area contributed by atoms with E-state index in [-0.39, 0.29) is 6.17 Å². The lowest BCUT2D eigenvalue weighted by Gasteiger charge is -2.16. The van der Waals surface area contributed by atoms with E-state index in [1.165, 1.54) is 7.05 Å². The van der Waals surface area contributed by atoms with Crippen molar-refractivity contribution in [1.82, 2.24) is 24.7 Å². The summed E-state index contributed by atoms with van der Waals surface area (Å²) < 4.78 is 16.5. The number of aryl methyl sites for hydroxylation is 4. The van der Waals surface area contributed by atoms with Crippen LogP contribution in [0.25, 0.3) is 0 Å². The highest BCUT2D eigenvalue weighted by atomic mass is 19.2. The molecule has 0 N–H and O–H groups in total. The first-order valence-electron chi connectivity index (χ1n) is 9.86. The molecule has 6 heteroatoms. The van der Waals surface area contributed by atoms with Crippen molar-refractivity contribution in [3.63, 3.8) is 0 Å². The van der Waals surface area contributed by atoms with E-state index in [1.807, 2.05) is 36.2 Å². The first-order chi connectivity index (χ1) is 13.1. The van der Waals surface area contributed by atoms with E-state index in [0.29, 0.717) is 10.8 Å². The Kier molecular flexibility index (Phi) is 9.16. The monoisotopic (exact) mass is 389 g/mol. The van der Waals surface area contributed by atoms with Gasteiger partial charge in [0.2, 0.25) is 0 Å². The molecule has 0 atom stereocenters. The highest BCUT2D eigenvalue weighted by molar-refractivity contribution is 5.19. The summed E-state index contributed by atoms with van der Waals surface area (Å²) in [4.78, 5) is 0. The topological polar surface area (TPSA) is 38.9 Å². The smallest absolute Gasteiger partial charge is 0.141 e. The van der Waals surface area contributed by atoms with Gasteiger partial charge in [0.1, 0.15) is 6.17 Å². The molecule has 2 rings (SSSR count). The molecule has 0 spiro atoms. The van der Waals surface area contributed by atoms with Crippen molar-refractivity contribution in [1.29, 1.82) is 0 Å². The van der Waals surface area contributed by atoms with Gasteiger partial charge in [-0.1, -0.05) is 25.0 Å². The number of hydrogen-bond acceptors (Lipinski definition) is 3. The predicted octanol–water partition coefficient (Wildman–Crippen LogP) is 5.83. The van der Waals surface area contributed by atoms with Crippen LogP contribution in [0.3, 0.4) is 0 Å². The van der Waals surface area contributed by atoms with Crippen molar-refractivity contribution in [2.24, 2.45) is 0 Å². The van der Waals surface area contributed by atoms with Crippen LogP contribution in [-0.4, -0.2) is 31.7 Å². The predicted molar refractivity (Wildman–Crippen MR) is 115 cm³/mol. The Morgan fingerprint density at radius 3 is 1.86 bits per heavy atom. The van der Waals surface area contributed by atoms with E-state index >= 15 is 0 Å². The highest BCUT2D eigenvalue weighted by Crippen LogP contribution is 2.15. The van der Waals surface area contributed by atoms with Gasteiger partial charge in [-0.25, -0.2) is 14.5 Å². The fourth-order valence-electron chi connectivity index (χ4n) is 3.00. The minimum absolute atomic E-state index is 0.127. The average Bonchev–Trinajstić information content (AvgIpc) is 3.13. The molecule has 0 saturated carbocycles. The summed E-state index contributed by atoms with van der Waals surface area (Å²) >= 11 is 0. The second kappa shape index (κ2) is 10.8.